The molecule has 1 amide bonds. The molecule has 3 rings (SSSR count). The molecule has 6 heteroatoms. The zero-order valence-electron chi connectivity index (χ0n) is 15.5. The Balaban J connectivity index is 1.67. The minimum atomic E-state index is 0.101. The van der Waals surface area contributed by atoms with Crippen molar-refractivity contribution in [1.82, 2.24) is 14.9 Å². The fourth-order valence-corrected chi connectivity index (χ4v) is 3.73. The second-order valence-corrected chi connectivity index (χ2v) is 7.12. The number of piperidine rings is 1. The molecular formula is C19H30N4O2. The average Bonchev–Trinajstić information content (AvgIpc) is 3.16. The summed E-state index contributed by atoms with van der Waals surface area (Å²) in [5.41, 5.74) is 1.08. The third kappa shape index (κ3) is 4.69. The van der Waals surface area contributed by atoms with Crippen LogP contribution in [0.15, 0.2) is 6.07 Å². The molecule has 3 heterocycles. The lowest BCUT2D eigenvalue weighted by Crippen LogP contribution is -2.41. The molecule has 0 aromatic carbocycles. The Kier molecular flexibility index (Phi) is 6.24. The van der Waals surface area contributed by atoms with E-state index in [1.54, 1.807) is 0 Å². The predicted octanol–water partition coefficient (Wildman–Crippen LogP) is 2.52. The minimum Gasteiger partial charge on any atom is -0.372 e. The molecule has 2 aliphatic heterocycles. The third-order valence-corrected chi connectivity index (χ3v) is 5.04. The van der Waals surface area contributed by atoms with Crippen molar-refractivity contribution in [1.29, 1.82) is 0 Å². The Morgan fingerprint density at radius 1 is 1.24 bits per heavy atom. The van der Waals surface area contributed by atoms with Gasteiger partial charge in [-0.05, 0) is 39.0 Å². The number of carbonyl (C=O) groups excluding carboxylic acids is 1. The molecule has 2 aliphatic rings. The van der Waals surface area contributed by atoms with E-state index in [2.05, 4.69) is 22.9 Å². The molecular weight excluding hydrogens is 316 g/mol. The van der Waals surface area contributed by atoms with Crippen molar-refractivity contribution in [2.24, 2.45) is 0 Å². The zero-order chi connectivity index (χ0) is 17.6. The van der Waals surface area contributed by atoms with Crippen molar-refractivity contribution < 1.29 is 9.53 Å². The quantitative estimate of drug-likeness (QED) is 0.741. The van der Waals surface area contributed by atoms with Crippen LogP contribution in [0.2, 0.25) is 0 Å². The van der Waals surface area contributed by atoms with E-state index < -0.39 is 0 Å². The Morgan fingerprint density at radius 2 is 2.04 bits per heavy atom. The second-order valence-electron chi connectivity index (χ2n) is 7.12. The average molecular weight is 346 g/mol. The van der Waals surface area contributed by atoms with Crippen LogP contribution in [-0.4, -0.2) is 60.2 Å². The summed E-state index contributed by atoms with van der Waals surface area (Å²) in [5.74, 6) is 2.28. The van der Waals surface area contributed by atoms with Crippen LogP contribution in [0.4, 0.5) is 5.82 Å². The maximum Gasteiger partial charge on any atom is 0.248 e. The molecule has 25 heavy (non-hydrogen) atoms. The van der Waals surface area contributed by atoms with Gasteiger partial charge in [-0.3, -0.25) is 4.79 Å². The van der Waals surface area contributed by atoms with E-state index in [1.165, 1.54) is 12.8 Å². The highest BCUT2D eigenvalue weighted by Crippen LogP contribution is 2.28. The number of rotatable bonds is 6. The summed E-state index contributed by atoms with van der Waals surface area (Å²) < 4.78 is 5.42. The standard InChI is InChI=1S/C19H30N4O2/c1-3-11-25-14-19(24)23-10-6-7-16(13-23)17-12-18(21-15(2)20-17)22-8-4-5-9-22/h12,16H,3-11,13-14H2,1-2H3. The number of aromatic nitrogens is 2. The van der Waals surface area contributed by atoms with E-state index in [4.69, 9.17) is 9.72 Å². The van der Waals surface area contributed by atoms with Gasteiger partial charge in [0.2, 0.25) is 5.91 Å². The highest BCUT2D eigenvalue weighted by Gasteiger charge is 2.27. The van der Waals surface area contributed by atoms with Crippen molar-refractivity contribution >= 4 is 11.7 Å². The molecule has 6 nitrogen and oxygen atoms in total. The van der Waals surface area contributed by atoms with Gasteiger partial charge in [0.05, 0.1) is 5.69 Å². The number of hydrogen-bond acceptors (Lipinski definition) is 5. The van der Waals surface area contributed by atoms with E-state index in [1.807, 2.05) is 11.8 Å². The number of aryl methyl sites for hydroxylation is 1. The van der Waals surface area contributed by atoms with Gasteiger partial charge in [0.1, 0.15) is 18.2 Å². The summed E-state index contributed by atoms with van der Waals surface area (Å²) in [4.78, 5) is 26.0. The lowest BCUT2D eigenvalue weighted by molar-refractivity contribution is -0.137. The van der Waals surface area contributed by atoms with Crippen molar-refractivity contribution in [3.63, 3.8) is 0 Å². The summed E-state index contributed by atoms with van der Waals surface area (Å²) in [5, 5.41) is 0. The van der Waals surface area contributed by atoms with Gasteiger partial charge in [-0.1, -0.05) is 6.92 Å². The lowest BCUT2D eigenvalue weighted by atomic mass is 9.94. The molecule has 1 aromatic rings. The van der Waals surface area contributed by atoms with Crippen molar-refractivity contribution in [3.05, 3.63) is 17.6 Å². The molecule has 2 fully saturated rings. The van der Waals surface area contributed by atoms with Crippen LogP contribution in [0.3, 0.4) is 0 Å². The number of ether oxygens (including phenoxy) is 1. The summed E-state index contributed by atoms with van der Waals surface area (Å²) in [6.07, 6.45) is 5.51. The smallest absolute Gasteiger partial charge is 0.248 e. The minimum absolute atomic E-state index is 0.101. The molecule has 0 saturated carbocycles. The van der Waals surface area contributed by atoms with E-state index >= 15 is 0 Å². The topological polar surface area (TPSA) is 58.6 Å². The summed E-state index contributed by atoms with van der Waals surface area (Å²) in [6.45, 7) is 8.60. The van der Waals surface area contributed by atoms with Gasteiger partial charge in [0.25, 0.3) is 0 Å². The van der Waals surface area contributed by atoms with Crippen LogP contribution >= 0.6 is 0 Å². The first kappa shape index (κ1) is 18.1. The lowest BCUT2D eigenvalue weighted by Gasteiger charge is -2.33. The fourth-order valence-electron chi connectivity index (χ4n) is 3.73. The molecule has 1 atom stereocenters. The number of carbonyl (C=O) groups is 1. The first-order chi connectivity index (χ1) is 12.2. The fraction of sp³-hybridized carbons (Fsp3) is 0.737. The van der Waals surface area contributed by atoms with Gasteiger partial charge < -0.3 is 14.5 Å². The Bertz CT molecular complexity index is 587. The van der Waals surface area contributed by atoms with Crippen LogP contribution in [-0.2, 0) is 9.53 Å². The number of amides is 1. The monoisotopic (exact) mass is 346 g/mol. The number of likely N-dealkylation sites (tertiary alicyclic amines) is 1. The highest BCUT2D eigenvalue weighted by atomic mass is 16.5. The first-order valence-corrected chi connectivity index (χ1v) is 9.63. The van der Waals surface area contributed by atoms with E-state index in [9.17, 15) is 4.79 Å². The van der Waals surface area contributed by atoms with Gasteiger partial charge in [0.15, 0.2) is 0 Å². The van der Waals surface area contributed by atoms with Crippen LogP contribution in [0.25, 0.3) is 0 Å². The zero-order valence-corrected chi connectivity index (χ0v) is 15.5. The number of hydrogen-bond donors (Lipinski definition) is 0. The van der Waals surface area contributed by atoms with E-state index in [-0.39, 0.29) is 12.5 Å². The first-order valence-electron chi connectivity index (χ1n) is 9.63. The summed E-state index contributed by atoms with van der Waals surface area (Å²) >= 11 is 0. The maximum absolute atomic E-state index is 12.4. The highest BCUT2D eigenvalue weighted by molar-refractivity contribution is 5.77. The number of anilines is 1. The molecule has 0 aliphatic carbocycles. The van der Waals surface area contributed by atoms with Crippen LogP contribution in [0.1, 0.15) is 56.5 Å². The summed E-state index contributed by atoms with van der Waals surface area (Å²) in [6, 6.07) is 2.14. The molecule has 0 bridgehead atoms. The predicted molar refractivity (Wildman–Crippen MR) is 97.9 cm³/mol. The largest absolute Gasteiger partial charge is 0.372 e. The van der Waals surface area contributed by atoms with Crippen molar-refractivity contribution in [2.75, 3.05) is 44.3 Å². The molecule has 138 valence electrons. The second kappa shape index (κ2) is 8.61. The Labute approximate surface area is 150 Å². The van der Waals surface area contributed by atoms with Crippen molar-refractivity contribution in [2.45, 2.75) is 51.9 Å². The maximum atomic E-state index is 12.4. The normalized spacial score (nSPS) is 21.0. The van der Waals surface area contributed by atoms with E-state index in [0.717, 1.165) is 62.8 Å². The number of nitrogens with zero attached hydrogens (tertiary/aromatic N) is 4. The van der Waals surface area contributed by atoms with Gasteiger partial charge in [0, 0.05) is 44.8 Å². The van der Waals surface area contributed by atoms with Crippen LogP contribution in [0.5, 0.6) is 0 Å². The van der Waals surface area contributed by atoms with Gasteiger partial charge in [-0.15, -0.1) is 0 Å². The van der Waals surface area contributed by atoms with Crippen molar-refractivity contribution in [3.8, 4) is 0 Å². The summed E-state index contributed by atoms with van der Waals surface area (Å²) in [7, 11) is 0. The molecule has 0 spiro atoms. The van der Waals surface area contributed by atoms with E-state index in [0.29, 0.717) is 12.5 Å². The van der Waals surface area contributed by atoms with Gasteiger partial charge in [-0.2, -0.15) is 0 Å². The van der Waals surface area contributed by atoms with Crippen LogP contribution in [0, 0.1) is 6.92 Å². The molecule has 0 radical (unpaired) electrons. The van der Waals surface area contributed by atoms with Gasteiger partial charge in [-0.25, -0.2) is 9.97 Å². The van der Waals surface area contributed by atoms with Gasteiger partial charge >= 0.3 is 0 Å². The SMILES string of the molecule is CCCOCC(=O)N1CCCC(c2cc(N3CCCC3)nc(C)n2)C1. The molecule has 0 N–H and O–H groups in total. The molecule has 1 aromatic heterocycles. The van der Waals surface area contributed by atoms with Crippen LogP contribution < -0.4 is 4.90 Å². The Morgan fingerprint density at radius 3 is 2.80 bits per heavy atom. The molecule has 1 unspecified atom stereocenters. The third-order valence-electron chi connectivity index (χ3n) is 5.04. The molecule has 2 saturated heterocycles. The Hall–Kier alpha value is -1.69.